The maximum Gasteiger partial charge on any atom is 0.490 e. The van der Waals surface area contributed by atoms with Gasteiger partial charge in [-0.1, -0.05) is 29.8 Å². The van der Waals surface area contributed by atoms with Gasteiger partial charge in [0.15, 0.2) is 5.65 Å². The molecule has 0 amide bonds. The van der Waals surface area contributed by atoms with Crippen molar-refractivity contribution in [2.24, 2.45) is 12.8 Å². The standard InChI is InChI=1S/C20H21ClN6O.C2HF3O2/c1-25-19-18(16(9-17(21)24-19)26-8-4-7-15(23)12-26)27(20(25)28)11-14-6-3-2-5-13(14)10-22;3-2(4,5)1(6)7/h2-3,5-6,9,15H,4,7-8,11-12,23H2,1H3;(H,6,7)/t15-;/m1./s1. The first-order valence-electron chi connectivity index (χ1n) is 10.5. The molecule has 0 saturated carbocycles. The number of alkyl halides is 3. The largest absolute Gasteiger partial charge is 0.490 e. The van der Waals surface area contributed by atoms with Crippen molar-refractivity contribution in [3.63, 3.8) is 0 Å². The number of halogens is 4. The number of fused-ring (bicyclic) bond motifs is 1. The molecule has 1 atom stereocenters. The molecule has 0 unspecified atom stereocenters. The summed E-state index contributed by atoms with van der Waals surface area (Å²) in [6.07, 6.45) is -3.12. The van der Waals surface area contributed by atoms with Crippen LogP contribution in [0.4, 0.5) is 18.9 Å². The topological polar surface area (TPSA) is 130 Å². The van der Waals surface area contributed by atoms with Crippen LogP contribution in [0.25, 0.3) is 11.2 Å². The van der Waals surface area contributed by atoms with Gasteiger partial charge >= 0.3 is 17.8 Å². The molecule has 9 nitrogen and oxygen atoms in total. The third-order valence-corrected chi connectivity index (χ3v) is 5.73. The third kappa shape index (κ3) is 5.75. The van der Waals surface area contributed by atoms with Gasteiger partial charge in [0.05, 0.1) is 23.9 Å². The summed E-state index contributed by atoms with van der Waals surface area (Å²) in [5, 5.41) is 16.9. The molecule has 3 N–H and O–H groups in total. The highest BCUT2D eigenvalue weighted by molar-refractivity contribution is 6.30. The summed E-state index contributed by atoms with van der Waals surface area (Å²) in [6.45, 7) is 1.84. The Bertz CT molecular complexity index is 1350. The maximum atomic E-state index is 13.0. The quantitative estimate of drug-likeness (QED) is 0.518. The lowest BCUT2D eigenvalue weighted by Gasteiger charge is -2.33. The van der Waals surface area contributed by atoms with E-state index in [0.29, 0.717) is 22.9 Å². The van der Waals surface area contributed by atoms with Crippen molar-refractivity contribution in [1.29, 1.82) is 5.26 Å². The fourth-order valence-corrected chi connectivity index (χ4v) is 4.08. The zero-order chi connectivity index (χ0) is 25.9. The van der Waals surface area contributed by atoms with E-state index in [1.54, 1.807) is 23.7 Å². The number of piperidine rings is 1. The Hall–Kier alpha value is -3.56. The van der Waals surface area contributed by atoms with Crippen molar-refractivity contribution >= 4 is 34.4 Å². The van der Waals surface area contributed by atoms with Gasteiger partial charge in [-0.15, -0.1) is 0 Å². The summed E-state index contributed by atoms with van der Waals surface area (Å²) in [6, 6.07) is 11.4. The van der Waals surface area contributed by atoms with Crippen LogP contribution in [0.15, 0.2) is 35.1 Å². The zero-order valence-corrected chi connectivity index (χ0v) is 19.3. The van der Waals surface area contributed by atoms with E-state index in [0.717, 1.165) is 36.2 Å². The molecule has 1 aliphatic rings. The molecule has 1 fully saturated rings. The van der Waals surface area contributed by atoms with Crippen LogP contribution in [0.5, 0.6) is 0 Å². The number of carbonyl (C=O) groups is 1. The van der Waals surface area contributed by atoms with E-state index in [9.17, 15) is 23.2 Å². The summed E-state index contributed by atoms with van der Waals surface area (Å²) < 4.78 is 34.9. The van der Waals surface area contributed by atoms with Gasteiger partial charge in [0.1, 0.15) is 10.7 Å². The number of rotatable bonds is 3. The molecule has 4 rings (SSSR count). The van der Waals surface area contributed by atoms with Crippen LogP contribution in [0, 0.1) is 11.3 Å². The summed E-state index contributed by atoms with van der Waals surface area (Å²) in [7, 11) is 1.69. The van der Waals surface area contributed by atoms with Crippen LogP contribution in [0.3, 0.4) is 0 Å². The van der Waals surface area contributed by atoms with E-state index in [1.165, 1.54) is 4.57 Å². The number of imidazole rings is 1. The molecule has 0 aliphatic carbocycles. The summed E-state index contributed by atoms with van der Waals surface area (Å²) in [4.78, 5) is 28.5. The van der Waals surface area contributed by atoms with Gasteiger partial charge in [0, 0.05) is 32.2 Å². The van der Waals surface area contributed by atoms with Crippen molar-refractivity contribution < 1.29 is 23.1 Å². The number of aromatic nitrogens is 3. The van der Waals surface area contributed by atoms with E-state index in [2.05, 4.69) is 16.0 Å². The van der Waals surface area contributed by atoms with Gasteiger partial charge in [-0.05, 0) is 24.5 Å². The van der Waals surface area contributed by atoms with Gasteiger partial charge in [-0.2, -0.15) is 18.4 Å². The Morgan fingerprint density at radius 3 is 2.63 bits per heavy atom. The number of hydrogen-bond donors (Lipinski definition) is 2. The zero-order valence-electron chi connectivity index (χ0n) is 18.6. The molecule has 3 aromatic rings. The first kappa shape index (κ1) is 26.1. The lowest BCUT2D eigenvalue weighted by Crippen LogP contribution is -2.43. The second-order valence-electron chi connectivity index (χ2n) is 7.98. The predicted octanol–water partition coefficient (Wildman–Crippen LogP) is 2.87. The third-order valence-electron chi connectivity index (χ3n) is 5.54. The molecule has 35 heavy (non-hydrogen) atoms. The van der Waals surface area contributed by atoms with Gasteiger partial charge in [-0.25, -0.2) is 14.6 Å². The van der Waals surface area contributed by atoms with Crippen LogP contribution >= 0.6 is 11.6 Å². The lowest BCUT2D eigenvalue weighted by atomic mass is 10.1. The Balaban J connectivity index is 0.000000429. The average Bonchev–Trinajstić information content (AvgIpc) is 3.03. The SMILES string of the molecule is Cn1c(=O)n(Cc2ccccc2C#N)c2c(N3CCC[C@@H](N)C3)cc(Cl)nc21.O=C(O)C(F)(F)F. The highest BCUT2D eigenvalue weighted by atomic mass is 35.5. The molecular weight excluding hydrogens is 489 g/mol. The molecule has 1 saturated heterocycles. The minimum atomic E-state index is -5.08. The minimum absolute atomic E-state index is 0.0824. The normalized spacial score (nSPS) is 15.9. The first-order valence-corrected chi connectivity index (χ1v) is 10.9. The van der Waals surface area contributed by atoms with Gasteiger partial charge < -0.3 is 15.7 Å². The molecular formula is C22H22ClF3N6O3. The lowest BCUT2D eigenvalue weighted by molar-refractivity contribution is -0.192. The Labute approximate surface area is 202 Å². The maximum absolute atomic E-state index is 13.0. The van der Waals surface area contributed by atoms with E-state index < -0.39 is 12.1 Å². The van der Waals surface area contributed by atoms with Crippen molar-refractivity contribution in [3.05, 3.63) is 57.1 Å². The smallest absolute Gasteiger partial charge is 0.475 e. The Morgan fingerprint density at radius 2 is 2.03 bits per heavy atom. The van der Waals surface area contributed by atoms with Crippen molar-refractivity contribution in [3.8, 4) is 6.07 Å². The number of anilines is 1. The summed E-state index contributed by atoms with van der Waals surface area (Å²) in [5.41, 5.74) is 9.43. The van der Waals surface area contributed by atoms with Crippen molar-refractivity contribution in [2.75, 3.05) is 18.0 Å². The number of benzene rings is 1. The average molecular weight is 511 g/mol. The van der Waals surface area contributed by atoms with Crippen molar-refractivity contribution in [1.82, 2.24) is 14.1 Å². The highest BCUT2D eigenvalue weighted by Crippen LogP contribution is 2.30. The Morgan fingerprint density at radius 1 is 1.37 bits per heavy atom. The molecule has 0 bridgehead atoms. The monoisotopic (exact) mass is 510 g/mol. The summed E-state index contributed by atoms with van der Waals surface area (Å²) in [5.74, 6) is -2.76. The van der Waals surface area contributed by atoms with Gasteiger partial charge in [0.2, 0.25) is 0 Å². The number of nitrogens with two attached hydrogens (primary N) is 1. The number of carboxylic acids is 1. The number of aliphatic carboxylic acids is 1. The number of nitrogens with zero attached hydrogens (tertiary/aromatic N) is 5. The van der Waals surface area contributed by atoms with Gasteiger partial charge in [0.25, 0.3) is 0 Å². The molecule has 13 heteroatoms. The molecule has 0 spiro atoms. The van der Waals surface area contributed by atoms with E-state index in [-0.39, 0.29) is 18.3 Å². The fraction of sp³-hybridized carbons (Fsp3) is 0.364. The second-order valence-corrected chi connectivity index (χ2v) is 8.37. The van der Waals surface area contributed by atoms with E-state index in [1.807, 2.05) is 18.2 Å². The molecule has 0 radical (unpaired) electrons. The minimum Gasteiger partial charge on any atom is -0.475 e. The number of pyridine rings is 1. The number of aryl methyl sites for hydroxylation is 1. The second kappa shape index (κ2) is 10.4. The molecule has 1 aromatic carbocycles. The fourth-order valence-electron chi connectivity index (χ4n) is 3.90. The van der Waals surface area contributed by atoms with Crippen LogP contribution in [-0.4, -0.2) is 50.5 Å². The molecule has 2 aromatic heterocycles. The van der Waals surface area contributed by atoms with Crippen LogP contribution < -0.4 is 16.3 Å². The number of hydrogen-bond acceptors (Lipinski definition) is 6. The van der Waals surface area contributed by atoms with E-state index >= 15 is 0 Å². The predicted molar refractivity (Wildman–Crippen MR) is 123 cm³/mol. The Kier molecular flexibility index (Phi) is 7.72. The van der Waals surface area contributed by atoms with E-state index in [4.69, 9.17) is 27.2 Å². The number of carboxylic acid groups (broad SMARTS) is 1. The molecule has 186 valence electrons. The van der Waals surface area contributed by atoms with Crippen LogP contribution in [0.2, 0.25) is 5.15 Å². The van der Waals surface area contributed by atoms with Gasteiger partial charge in [-0.3, -0.25) is 9.13 Å². The van der Waals surface area contributed by atoms with Crippen LogP contribution in [-0.2, 0) is 18.4 Å². The molecule has 1 aliphatic heterocycles. The first-order chi connectivity index (χ1) is 16.4. The summed E-state index contributed by atoms with van der Waals surface area (Å²) >= 11 is 6.28. The highest BCUT2D eigenvalue weighted by Gasteiger charge is 2.38. The van der Waals surface area contributed by atoms with Crippen molar-refractivity contribution in [2.45, 2.75) is 31.6 Å². The van der Waals surface area contributed by atoms with Crippen LogP contribution in [0.1, 0.15) is 24.0 Å². The molecule has 3 heterocycles. The number of nitriles is 1.